The highest BCUT2D eigenvalue weighted by Gasteiger charge is 2.17. The van der Waals surface area contributed by atoms with E-state index in [1.54, 1.807) is 0 Å². The molecular weight excluding hydrogens is 260 g/mol. The molecule has 2 unspecified atom stereocenters. The Labute approximate surface area is 120 Å². The maximum Gasteiger partial charge on any atom is 0.164 e. The molecule has 0 aliphatic heterocycles. The molecule has 1 aromatic carbocycles. The minimum absolute atomic E-state index is 0.0459. The maximum absolute atomic E-state index is 13.6. The number of rotatable bonds is 8. The van der Waals surface area contributed by atoms with Crippen LogP contribution in [-0.4, -0.2) is 29.6 Å². The summed E-state index contributed by atoms with van der Waals surface area (Å²) in [6, 6.07) is 3.93. The van der Waals surface area contributed by atoms with Crippen LogP contribution < -0.4 is 0 Å². The van der Waals surface area contributed by atoms with Crippen LogP contribution in [0.1, 0.15) is 45.3 Å². The molecule has 0 aliphatic carbocycles. The van der Waals surface area contributed by atoms with E-state index in [-0.39, 0.29) is 5.56 Å². The van der Waals surface area contributed by atoms with E-state index in [9.17, 15) is 13.9 Å². The van der Waals surface area contributed by atoms with Crippen LogP contribution in [0.25, 0.3) is 0 Å². The molecule has 114 valence electrons. The number of hydrogen-bond acceptors (Lipinski definition) is 2. The van der Waals surface area contributed by atoms with Crippen molar-refractivity contribution in [3.8, 4) is 0 Å². The minimum Gasteiger partial charge on any atom is -0.388 e. The Morgan fingerprint density at radius 1 is 1.25 bits per heavy atom. The lowest BCUT2D eigenvalue weighted by Crippen LogP contribution is -2.30. The highest BCUT2D eigenvalue weighted by atomic mass is 19.2. The van der Waals surface area contributed by atoms with Crippen LogP contribution in [0.5, 0.6) is 0 Å². The summed E-state index contributed by atoms with van der Waals surface area (Å²) in [4.78, 5) is 2.23. The Morgan fingerprint density at radius 2 is 1.95 bits per heavy atom. The summed E-state index contributed by atoms with van der Waals surface area (Å²) in [7, 11) is 0. The Bertz CT molecular complexity index is 411. The van der Waals surface area contributed by atoms with Crippen LogP contribution in [0.2, 0.25) is 0 Å². The van der Waals surface area contributed by atoms with Gasteiger partial charge in [-0.15, -0.1) is 0 Å². The first-order valence-corrected chi connectivity index (χ1v) is 7.33. The molecule has 0 bridgehead atoms. The fourth-order valence-corrected chi connectivity index (χ4v) is 2.19. The van der Waals surface area contributed by atoms with E-state index >= 15 is 0 Å². The first kappa shape index (κ1) is 17.1. The minimum atomic E-state index is -0.961. The highest BCUT2D eigenvalue weighted by molar-refractivity contribution is 5.21. The summed E-state index contributed by atoms with van der Waals surface area (Å²) in [5, 5.41) is 10.0. The normalized spacial score (nSPS) is 14.6. The maximum atomic E-state index is 13.6. The number of aliphatic hydroxyl groups is 1. The lowest BCUT2D eigenvalue weighted by atomic mass is 10.0. The standard InChI is InChI=1S/C16H25F2NO/c1-4-12(3)11-19(5-2)10-9-15(20)13-7-6-8-14(17)16(13)18/h6-8,12,15,20H,4-5,9-11H2,1-3H3. The summed E-state index contributed by atoms with van der Waals surface area (Å²) in [6.07, 6.45) is 0.555. The second kappa shape index (κ2) is 8.32. The zero-order chi connectivity index (χ0) is 15.1. The number of nitrogens with zero attached hydrogens (tertiary/aromatic N) is 1. The zero-order valence-electron chi connectivity index (χ0n) is 12.6. The molecule has 0 spiro atoms. The molecule has 0 aliphatic rings. The third-order valence-corrected chi connectivity index (χ3v) is 3.77. The van der Waals surface area contributed by atoms with Gasteiger partial charge in [0.05, 0.1) is 6.10 Å². The van der Waals surface area contributed by atoms with E-state index in [1.807, 2.05) is 0 Å². The number of hydrogen-bond donors (Lipinski definition) is 1. The number of aliphatic hydroxyl groups excluding tert-OH is 1. The van der Waals surface area contributed by atoms with Gasteiger partial charge in [0.25, 0.3) is 0 Å². The van der Waals surface area contributed by atoms with Crippen molar-refractivity contribution >= 4 is 0 Å². The van der Waals surface area contributed by atoms with Crippen LogP contribution >= 0.6 is 0 Å². The van der Waals surface area contributed by atoms with Gasteiger partial charge in [-0.2, -0.15) is 0 Å². The Hall–Kier alpha value is -1.00. The van der Waals surface area contributed by atoms with Crippen molar-refractivity contribution in [2.24, 2.45) is 5.92 Å². The molecule has 0 heterocycles. The van der Waals surface area contributed by atoms with Crippen molar-refractivity contribution in [3.05, 3.63) is 35.4 Å². The van der Waals surface area contributed by atoms with Crippen LogP contribution in [0, 0.1) is 17.6 Å². The van der Waals surface area contributed by atoms with Gasteiger partial charge in [0, 0.05) is 18.7 Å². The van der Waals surface area contributed by atoms with E-state index in [0.717, 1.165) is 25.6 Å². The summed E-state index contributed by atoms with van der Waals surface area (Å²) in [6.45, 7) is 8.93. The molecular formula is C16H25F2NO. The van der Waals surface area contributed by atoms with Gasteiger partial charge in [0.1, 0.15) is 0 Å². The van der Waals surface area contributed by atoms with E-state index in [4.69, 9.17) is 0 Å². The number of benzene rings is 1. The van der Waals surface area contributed by atoms with Gasteiger partial charge >= 0.3 is 0 Å². The predicted octanol–water partition coefficient (Wildman–Crippen LogP) is 3.76. The molecule has 0 fully saturated rings. The van der Waals surface area contributed by atoms with Crippen molar-refractivity contribution in [1.82, 2.24) is 4.90 Å². The Morgan fingerprint density at radius 3 is 2.55 bits per heavy atom. The third kappa shape index (κ3) is 4.84. The van der Waals surface area contributed by atoms with Crippen LogP contribution in [0.4, 0.5) is 8.78 Å². The molecule has 0 aromatic heterocycles. The highest BCUT2D eigenvalue weighted by Crippen LogP contribution is 2.22. The van der Waals surface area contributed by atoms with E-state index in [1.165, 1.54) is 12.1 Å². The fraction of sp³-hybridized carbons (Fsp3) is 0.625. The van der Waals surface area contributed by atoms with Gasteiger partial charge in [-0.05, 0) is 24.9 Å². The smallest absolute Gasteiger partial charge is 0.164 e. The molecule has 4 heteroatoms. The van der Waals surface area contributed by atoms with Gasteiger partial charge in [-0.3, -0.25) is 0 Å². The summed E-state index contributed by atoms with van der Waals surface area (Å²) in [5.74, 6) is -1.25. The van der Waals surface area contributed by atoms with Crippen molar-refractivity contribution in [3.63, 3.8) is 0 Å². The second-order valence-corrected chi connectivity index (χ2v) is 5.35. The lowest BCUT2D eigenvalue weighted by Gasteiger charge is -2.25. The first-order valence-electron chi connectivity index (χ1n) is 7.33. The van der Waals surface area contributed by atoms with E-state index in [2.05, 4.69) is 25.7 Å². The fourth-order valence-electron chi connectivity index (χ4n) is 2.19. The molecule has 20 heavy (non-hydrogen) atoms. The zero-order valence-corrected chi connectivity index (χ0v) is 12.6. The molecule has 0 saturated heterocycles. The Kier molecular flexibility index (Phi) is 7.10. The largest absolute Gasteiger partial charge is 0.388 e. The average molecular weight is 285 g/mol. The van der Waals surface area contributed by atoms with Gasteiger partial charge < -0.3 is 10.0 Å². The monoisotopic (exact) mass is 285 g/mol. The number of halogens is 2. The van der Waals surface area contributed by atoms with Gasteiger partial charge in [0.15, 0.2) is 11.6 Å². The quantitative estimate of drug-likeness (QED) is 0.786. The SMILES string of the molecule is CCC(C)CN(CC)CCC(O)c1cccc(F)c1F. The molecule has 1 aromatic rings. The van der Waals surface area contributed by atoms with Crippen molar-refractivity contribution in [2.45, 2.75) is 39.7 Å². The van der Waals surface area contributed by atoms with E-state index < -0.39 is 17.7 Å². The lowest BCUT2D eigenvalue weighted by molar-refractivity contribution is 0.134. The topological polar surface area (TPSA) is 23.5 Å². The van der Waals surface area contributed by atoms with Crippen LogP contribution in [0.15, 0.2) is 18.2 Å². The van der Waals surface area contributed by atoms with Crippen LogP contribution in [0.3, 0.4) is 0 Å². The molecule has 0 radical (unpaired) electrons. The summed E-state index contributed by atoms with van der Waals surface area (Å²) >= 11 is 0. The molecule has 2 nitrogen and oxygen atoms in total. The third-order valence-electron chi connectivity index (χ3n) is 3.77. The summed E-state index contributed by atoms with van der Waals surface area (Å²) < 4.78 is 26.7. The molecule has 0 saturated carbocycles. The average Bonchev–Trinajstić information content (AvgIpc) is 2.45. The van der Waals surface area contributed by atoms with Gasteiger partial charge in [-0.25, -0.2) is 8.78 Å². The van der Waals surface area contributed by atoms with Gasteiger partial charge in [-0.1, -0.05) is 39.3 Å². The second-order valence-electron chi connectivity index (χ2n) is 5.35. The molecule has 1 rings (SSSR count). The predicted molar refractivity (Wildman–Crippen MR) is 77.5 cm³/mol. The molecule has 2 atom stereocenters. The molecule has 1 N–H and O–H groups in total. The Balaban J connectivity index is 2.57. The first-order chi connectivity index (χ1) is 9.49. The van der Waals surface area contributed by atoms with Crippen molar-refractivity contribution in [1.29, 1.82) is 0 Å². The van der Waals surface area contributed by atoms with Crippen LogP contribution in [-0.2, 0) is 0 Å². The van der Waals surface area contributed by atoms with E-state index in [0.29, 0.717) is 18.9 Å². The van der Waals surface area contributed by atoms with Gasteiger partial charge in [0.2, 0.25) is 0 Å². The van der Waals surface area contributed by atoms with Crippen molar-refractivity contribution < 1.29 is 13.9 Å². The molecule has 0 amide bonds. The van der Waals surface area contributed by atoms with Crippen molar-refractivity contribution in [2.75, 3.05) is 19.6 Å². The summed E-state index contributed by atoms with van der Waals surface area (Å²) in [5.41, 5.74) is 0.0459.